The number of anilines is 1. The van der Waals surface area contributed by atoms with Gasteiger partial charge in [0.05, 0.1) is 4.92 Å². The van der Waals surface area contributed by atoms with E-state index < -0.39 is 16.2 Å². The molecule has 0 saturated carbocycles. The highest BCUT2D eigenvalue weighted by atomic mass is 16.6. The van der Waals surface area contributed by atoms with E-state index in [0.29, 0.717) is 0 Å². The second kappa shape index (κ2) is 4.02. The van der Waals surface area contributed by atoms with Gasteiger partial charge >= 0.3 is 11.6 Å². The monoisotopic (exact) mass is 222 g/mol. The first-order chi connectivity index (χ1) is 7.37. The van der Waals surface area contributed by atoms with Crippen LogP contribution in [0.15, 0.2) is 6.33 Å². The molecule has 0 aromatic carbocycles. The predicted molar refractivity (Wildman–Crippen MR) is 56.6 cm³/mol. The summed E-state index contributed by atoms with van der Waals surface area (Å²) in [5.41, 5.74) is 3.87. The normalized spacial score (nSPS) is 10.6. The SMILES string of the molecule is C#CC(C)(C)Oc1ncnc(N)c1[N+](=O)[O-]. The Morgan fingerprint density at radius 2 is 2.25 bits per heavy atom. The van der Waals surface area contributed by atoms with E-state index in [1.54, 1.807) is 13.8 Å². The highest BCUT2D eigenvalue weighted by Crippen LogP contribution is 2.30. The second-order valence-electron chi connectivity index (χ2n) is 3.43. The van der Waals surface area contributed by atoms with E-state index in [-0.39, 0.29) is 11.7 Å². The maximum absolute atomic E-state index is 10.7. The summed E-state index contributed by atoms with van der Waals surface area (Å²) < 4.78 is 5.22. The molecule has 1 aromatic heterocycles. The van der Waals surface area contributed by atoms with E-state index >= 15 is 0 Å². The molecule has 84 valence electrons. The van der Waals surface area contributed by atoms with Gasteiger partial charge in [-0.25, -0.2) is 4.98 Å². The minimum atomic E-state index is -1.01. The van der Waals surface area contributed by atoms with Crippen molar-refractivity contribution in [2.24, 2.45) is 0 Å². The van der Waals surface area contributed by atoms with Crippen molar-refractivity contribution in [2.45, 2.75) is 19.4 Å². The summed E-state index contributed by atoms with van der Waals surface area (Å²) in [6, 6.07) is 0. The Hall–Kier alpha value is -2.36. The first-order valence-electron chi connectivity index (χ1n) is 4.29. The molecule has 0 amide bonds. The van der Waals surface area contributed by atoms with Gasteiger partial charge in [-0.05, 0) is 13.8 Å². The van der Waals surface area contributed by atoms with Crippen molar-refractivity contribution in [1.82, 2.24) is 9.97 Å². The molecule has 1 heterocycles. The number of aromatic nitrogens is 2. The third-order valence-electron chi connectivity index (χ3n) is 1.70. The lowest BCUT2D eigenvalue weighted by atomic mass is 10.1. The number of hydrogen-bond donors (Lipinski definition) is 1. The fraction of sp³-hybridized carbons (Fsp3) is 0.333. The quantitative estimate of drug-likeness (QED) is 0.460. The van der Waals surface area contributed by atoms with Crippen LogP contribution in [0.25, 0.3) is 0 Å². The molecule has 0 spiro atoms. The number of nitrogens with two attached hydrogens (primary N) is 1. The zero-order valence-electron chi connectivity index (χ0n) is 8.80. The van der Waals surface area contributed by atoms with Crippen LogP contribution in [0.5, 0.6) is 5.88 Å². The fourth-order valence-corrected chi connectivity index (χ4v) is 0.893. The number of terminal acetylenes is 1. The maximum atomic E-state index is 10.7. The van der Waals surface area contributed by atoms with Gasteiger partial charge in [0.15, 0.2) is 5.60 Å². The summed E-state index contributed by atoms with van der Waals surface area (Å²) in [5, 5.41) is 10.7. The molecule has 0 saturated heterocycles. The van der Waals surface area contributed by atoms with E-state index in [2.05, 4.69) is 15.9 Å². The molecule has 0 unspecified atom stereocenters. The van der Waals surface area contributed by atoms with E-state index in [0.717, 1.165) is 6.33 Å². The Kier molecular flexibility index (Phi) is 2.94. The van der Waals surface area contributed by atoms with E-state index in [1.165, 1.54) is 0 Å². The molecule has 0 aliphatic carbocycles. The van der Waals surface area contributed by atoms with Crippen LogP contribution in [0.4, 0.5) is 11.5 Å². The van der Waals surface area contributed by atoms with E-state index in [1.807, 2.05) is 0 Å². The minimum Gasteiger partial charge on any atom is -0.453 e. The fourth-order valence-electron chi connectivity index (χ4n) is 0.893. The van der Waals surface area contributed by atoms with Crippen molar-refractivity contribution in [3.05, 3.63) is 16.4 Å². The third kappa shape index (κ3) is 2.36. The van der Waals surface area contributed by atoms with Crippen LogP contribution in [0, 0.1) is 22.5 Å². The van der Waals surface area contributed by atoms with Crippen LogP contribution in [0.2, 0.25) is 0 Å². The van der Waals surface area contributed by atoms with Crippen molar-refractivity contribution in [3.8, 4) is 18.2 Å². The molecular weight excluding hydrogens is 212 g/mol. The molecule has 1 rings (SSSR count). The van der Waals surface area contributed by atoms with Crippen LogP contribution in [0.3, 0.4) is 0 Å². The Bertz CT molecular complexity index is 464. The molecule has 7 nitrogen and oxygen atoms in total. The van der Waals surface area contributed by atoms with Crippen LogP contribution in [0.1, 0.15) is 13.8 Å². The number of nitrogen functional groups attached to an aromatic ring is 1. The Balaban J connectivity index is 3.21. The summed E-state index contributed by atoms with van der Waals surface area (Å²) in [7, 11) is 0. The number of nitrogens with zero attached hydrogens (tertiary/aromatic N) is 3. The van der Waals surface area contributed by atoms with Gasteiger partial charge in [0.2, 0.25) is 5.82 Å². The van der Waals surface area contributed by atoms with Crippen molar-refractivity contribution in [2.75, 3.05) is 5.73 Å². The average molecular weight is 222 g/mol. The predicted octanol–water partition coefficient (Wildman–Crippen LogP) is 0.758. The van der Waals surface area contributed by atoms with Crippen LogP contribution < -0.4 is 10.5 Å². The third-order valence-corrected chi connectivity index (χ3v) is 1.70. The molecule has 0 atom stereocenters. The highest BCUT2D eigenvalue weighted by molar-refractivity contribution is 5.58. The lowest BCUT2D eigenvalue weighted by Crippen LogP contribution is -2.26. The van der Waals surface area contributed by atoms with Gasteiger partial charge in [-0.3, -0.25) is 10.1 Å². The van der Waals surface area contributed by atoms with Gasteiger partial charge in [0.1, 0.15) is 6.33 Å². The molecule has 7 heteroatoms. The summed E-state index contributed by atoms with van der Waals surface area (Å²) in [5.74, 6) is 1.83. The summed E-state index contributed by atoms with van der Waals surface area (Å²) >= 11 is 0. The zero-order valence-corrected chi connectivity index (χ0v) is 8.80. The smallest absolute Gasteiger partial charge is 0.372 e. The lowest BCUT2D eigenvalue weighted by molar-refractivity contribution is -0.385. The molecular formula is C9H10N4O3. The number of rotatable bonds is 3. The van der Waals surface area contributed by atoms with Gasteiger partial charge in [0.25, 0.3) is 0 Å². The molecule has 0 aliphatic heterocycles. The van der Waals surface area contributed by atoms with Crippen molar-refractivity contribution < 1.29 is 9.66 Å². The minimum absolute atomic E-state index is 0.236. The zero-order chi connectivity index (χ0) is 12.3. The van der Waals surface area contributed by atoms with Gasteiger partial charge in [-0.1, -0.05) is 5.92 Å². The highest BCUT2D eigenvalue weighted by Gasteiger charge is 2.27. The number of hydrogen-bond acceptors (Lipinski definition) is 6. The molecule has 16 heavy (non-hydrogen) atoms. The lowest BCUT2D eigenvalue weighted by Gasteiger charge is -2.18. The van der Waals surface area contributed by atoms with Gasteiger partial charge in [0, 0.05) is 0 Å². The largest absolute Gasteiger partial charge is 0.453 e. The average Bonchev–Trinajstić information content (AvgIpc) is 2.16. The van der Waals surface area contributed by atoms with Crippen LogP contribution in [-0.4, -0.2) is 20.5 Å². The van der Waals surface area contributed by atoms with Crippen molar-refractivity contribution >= 4 is 11.5 Å². The molecule has 0 aliphatic rings. The number of ether oxygens (including phenoxy) is 1. The van der Waals surface area contributed by atoms with Crippen LogP contribution >= 0.6 is 0 Å². The molecule has 1 aromatic rings. The topological polar surface area (TPSA) is 104 Å². The first-order valence-corrected chi connectivity index (χ1v) is 4.29. The Labute approximate surface area is 91.8 Å². The molecule has 0 radical (unpaired) electrons. The van der Waals surface area contributed by atoms with Gasteiger partial charge < -0.3 is 10.5 Å². The Morgan fingerprint density at radius 1 is 1.62 bits per heavy atom. The van der Waals surface area contributed by atoms with Crippen molar-refractivity contribution in [1.29, 1.82) is 0 Å². The van der Waals surface area contributed by atoms with E-state index in [4.69, 9.17) is 16.9 Å². The maximum Gasteiger partial charge on any atom is 0.372 e. The summed E-state index contributed by atoms with van der Waals surface area (Å²) in [6.45, 7) is 3.16. The molecule has 0 bridgehead atoms. The van der Waals surface area contributed by atoms with Gasteiger partial charge in [-0.15, -0.1) is 6.42 Å². The van der Waals surface area contributed by atoms with Crippen molar-refractivity contribution in [3.63, 3.8) is 0 Å². The van der Waals surface area contributed by atoms with Crippen LogP contribution in [-0.2, 0) is 0 Å². The number of nitro groups is 1. The summed E-state index contributed by atoms with van der Waals surface area (Å²) in [4.78, 5) is 17.2. The molecule has 0 fully saturated rings. The second-order valence-corrected chi connectivity index (χ2v) is 3.43. The van der Waals surface area contributed by atoms with E-state index in [9.17, 15) is 10.1 Å². The first kappa shape index (κ1) is 11.7. The van der Waals surface area contributed by atoms with Gasteiger partial charge in [-0.2, -0.15) is 4.98 Å². The Morgan fingerprint density at radius 3 is 2.75 bits per heavy atom. The molecule has 2 N–H and O–H groups in total. The standard InChI is InChI=1S/C9H10N4O3/c1-4-9(2,3)16-8-6(13(14)15)7(10)11-5-12-8/h1,5H,2-3H3,(H2,10,11,12). The summed E-state index contributed by atoms with van der Waals surface area (Å²) in [6.07, 6.45) is 6.27.